The highest BCUT2D eigenvalue weighted by Gasteiger charge is 2.18. The van der Waals surface area contributed by atoms with Crippen LogP contribution >= 0.6 is 31.9 Å². The molecule has 8 heteroatoms. The van der Waals surface area contributed by atoms with Gasteiger partial charge in [-0.1, -0.05) is 34.1 Å². The van der Waals surface area contributed by atoms with Gasteiger partial charge in [0.15, 0.2) is 0 Å². The van der Waals surface area contributed by atoms with E-state index < -0.39 is 10.0 Å². The van der Waals surface area contributed by atoms with Crippen molar-refractivity contribution in [3.8, 4) is 5.69 Å². The zero-order valence-corrected chi connectivity index (χ0v) is 16.3. The number of benzene rings is 2. The molecule has 0 aliphatic heterocycles. The Kier molecular flexibility index (Phi) is 5.19. The Morgan fingerprint density at radius 3 is 2.58 bits per heavy atom. The minimum atomic E-state index is -3.64. The normalized spacial score (nSPS) is 11.6. The summed E-state index contributed by atoms with van der Waals surface area (Å²) >= 11 is 6.61. The van der Waals surface area contributed by atoms with Crippen molar-refractivity contribution >= 4 is 41.9 Å². The third-order valence-corrected chi connectivity index (χ3v) is 6.25. The Morgan fingerprint density at radius 1 is 1.08 bits per heavy atom. The van der Waals surface area contributed by atoms with E-state index in [0.717, 1.165) is 15.7 Å². The summed E-state index contributed by atoms with van der Waals surface area (Å²) in [5.74, 6) is 0. The van der Waals surface area contributed by atoms with Crippen molar-refractivity contribution in [2.24, 2.45) is 0 Å². The Hall–Kier alpha value is -1.48. The second kappa shape index (κ2) is 7.18. The molecule has 0 amide bonds. The molecule has 0 saturated heterocycles. The second-order valence-electron chi connectivity index (χ2n) is 4.98. The van der Waals surface area contributed by atoms with E-state index in [-0.39, 0.29) is 11.4 Å². The summed E-state index contributed by atoms with van der Waals surface area (Å²) in [6.07, 6.45) is 3.50. The van der Waals surface area contributed by atoms with Gasteiger partial charge in [-0.15, -0.1) is 0 Å². The summed E-state index contributed by atoms with van der Waals surface area (Å²) in [5.41, 5.74) is 1.66. The van der Waals surface area contributed by atoms with Gasteiger partial charge in [-0.2, -0.15) is 5.10 Å². The number of rotatable bonds is 5. The van der Waals surface area contributed by atoms with Gasteiger partial charge in [0, 0.05) is 27.9 Å². The molecule has 2 aromatic carbocycles. The molecule has 3 aromatic rings. The van der Waals surface area contributed by atoms with E-state index in [1.54, 1.807) is 29.1 Å². The van der Waals surface area contributed by atoms with E-state index in [0.29, 0.717) is 4.47 Å². The van der Waals surface area contributed by atoms with Crippen molar-refractivity contribution < 1.29 is 8.42 Å². The zero-order chi connectivity index (χ0) is 17.2. The van der Waals surface area contributed by atoms with Crippen molar-refractivity contribution in [2.75, 3.05) is 0 Å². The van der Waals surface area contributed by atoms with Crippen molar-refractivity contribution in [1.82, 2.24) is 14.5 Å². The average Bonchev–Trinajstić information content (AvgIpc) is 3.07. The maximum absolute atomic E-state index is 12.6. The van der Waals surface area contributed by atoms with Crippen molar-refractivity contribution in [3.63, 3.8) is 0 Å². The van der Waals surface area contributed by atoms with Gasteiger partial charge in [0.1, 0.15) is 0 Å². The van der Waals surface area contributed by atoms with Gasteiger partial charge in [0.05, 0.1) is 10.6 Å². The number of para-hydroxylation sites is 1. The van der Waals surface area contributed by atoms with Crippen molar-refractivity contribution in [1.29, 1.82) is 0 Å². The molecule has 1 heterocycles. The lowest BCUT2D eigenvalue weighted by Gasteiger charge is -2.12. The van der Waals surface area contributed by atoms with Crippen LogP contribution < -0.4 is 4.72 Å². The third kappa shape index (κ3) is 3.77. The molecule has 24 heavy (non-hydrogen) atoms. The number of nitrogens with one attached hydrogen (secondary N) is 1. The Balaban J connectivity index is 1.86. The number of nitrogens with zero attached hydrogens (tertiary/aromatic N) is 2. The number of halogens is 2. The summed E-state index contributed by atoms with van der Waals surface area (Å²) in [5, 5.41) is 4.20. The van der Waals surface area contributed by atoms with Crippen LogP contribution in [-0.2, 0) is 16.6 Å². The second-order valence-corrected chi connectivity index (χ2v) is 8.48. The Morgan fingerprint density at radius 2 is 1.88 bits per heavy atom. The fourth-order valence-electron chi connectivity index (χ4n) is 2.24. The van der Waals surface area contributed by atoms with Crippen LogP contribution in [0, 0.1) is 0 Å². The van der Waals surface area contributed by atoms with Crippen LogP contribution in [0.1, 0.15) is 5.56 Å². The van der Waals surface area contributed by atoms with Crippen LogP contribution in [0.3, 0.4) is 0 Å². The van der Waals surface area contributed by atoms with Gasteiger partial charge < -0.3 is 0 Å². The van der Waals surface area contributed by atoms with E-state index in [1.165, 1.54) is 0 Å². The summed E-state index contributed by atoms with van der Waals surface area (Å²) in [6.45, 7) is 0.168. The summed E-state index contributed by atoms with van der Waals surface area (Å²) in [7, 11) is -3.64. The number of hydrogen-bond donors (Lipinski definition) is 1. The SMILES string of the molecule is O=S(=O)(NCc1ccccc1-n1cccn1)c1ccc(Br)cc1Br. The number of aromatic nitrogens is 2. The number of sulfonamides is 1. The maximum Gasteiger partial charge on any atom is 0.241 e. The predicted molar refractivity (Wildman–Crippen MR) is 99.4 cm³/mol. The minimum Gasteiger partial charge on any atom is -0.241 e. The molecule has 0 fully saturated rings. The molecule has 0 aliphatic carbocycles. The molecule has 1 N–H and O–H groups in total. The molecular formula is C16H13Br2N3O2S. The molecule has 124 valence electrons. The molecular weight excluding hydrogens is 458 g/mol. The first kappa shape index (κ1) is 17.3. The lowest BCUT2D eigenvalue weighted by atomic mass is 10.2. The fraction of sp³-hybridized carbons (Fsp3) is 0.0625. The first-order chi connectivity index (χ1) is 11.5. The van der Waals surface area contributed by atoms with Crippen LogP contribution in [0.15, 0.2) is 74.8 Å². The largest absolute Gasteiger partial charge is 0.241 e. The molecule has 0 bridgehead atoms. The molecule has 0 spiro atoms. The lowest BCUT2D eigenvalue weighted by Crippen LogP contribution is -2.24. The van der Waals surface area contributed by atoms with Gasteiger partial charge in [-0.3, -0.25) is 0 Å². The topological polar surface area (TPSA) is 64.0 Å². The summed E-state index contributed by atoms with van der Waals surface area (Å²) < 4.78 is 30.8. The molecule has 0 atom stereocenters. The fourth-order valence-corrected chi connectivity index (χ4v) is 4.99. The zero-order valence-electron chi connectivity index (χ0n) is 12.4. The van der Waals surface area contributed by atoms with Gasteiger partial charge in [-0.25, -0.2) is 17.8 Å². The molecule has 1 aromatic heterocycles. The summed E-state index contributed by atoms with van der Waals surface area (Å²) in [6, 6.07) is 14.3. The minimum absolute atomic E-state index is 0.168. The molecule has 0 unspecified atom stereocenters. The van der Waals surface area contributed by atoms with E-state index in [2.05, 4.69) is 41.7 Å². The molecule has 0 saturated carbocycles. The van der Waals surface area contributed by atoms with Gasteiger partial charge >= 0.3 is 0 Å². The Bertz CT molecular complexity index is 957. The van der Waals surface area contributed by atoms with Crippen LogP contribution in [0.4, 0.5) is 0 Å². The van der Waals surface area contributed by atoms with Crippen LogP contribution in [-0.4, -0.2) is 18.2 Å². The monoisotopic (exact) mass is 469 g/mol. The highest BCUT2D eigenvalue weighted by atomic mass is 79.9. The predicted octanol–water partition coefficient (Wildman–Crippen LogP) is 3.88. The highest BCUT2D eigenvalue weighted by Crippen LogP contribution is 2.26. The van der Waals surface area contributed by atoms with Crippen LogP contribution in [0.25, 0.3) is 5.69 Å². The van der Waals surface area contributed by atoms with Gasteiger partial charge in [-0.05, 0) is 51.8 Å². The maximum atomic E-state index is 12.6. The van der Waals surface area contributed by atoms with Crippen molar-refractivity contribution in [2.45, 2.75) is 11.4 Å². The first-order valence-electron chi connectivity index (χ1n) is 7.00. The van der Waals surface area contributed by atoms with Crippen molar-refractivity contribution in [3.05, 3.63) is 75.4 Å². The standard InChI is InChI=1S/C16H13Br2N3O2S/c17-13-6-7-16(14(18)10-13)24(22,23)20-11-12-4-1-2-5-15(12)21-9-3-8-19-21/h1-10,20H,11H2. The van der Waals surface area contributed by atoms with E-state index >= 15 is 0 Å². The summed E-state index contributed by atoms with van der Waals surface area (Å²) in [4.78, 5) is 0.197. The lowest BCUT2D eigenvalue weighted by molar-refractivity contribution is 0.580. The highest BCUT2D eigenvalue weighted by molar-refractivity contribution is 9.11. The molecule has 5 nitrogen and oxygen atoms in total. The van der Waals surface area contributed by atoms with E-state index in [4.69, 9.17) is 0 Å². The molecule has 0 aliphatic rings. The molecule has 0 radical (unpaired) electrons. The molecule has 3 rings (SSSR count). The number of hydrogen-bond acceptors (Lipinski definition) is 3. The smallest absolute Gasteiger partial charge is 0.241 e. The van der Waals surface area contributed by atoms with E-state index in [1.807, 2.05) is 36.5 Å². The third-order valence-electron chi connectivity index (χ3n) is 3.38. The first-order valence-corrected chi connectivity index (χ1v) is 10.1. The average molecular weight is 471 g/mol. The van der Waals surface area contributed by atoms with E-state index in [9.17, 15) is 8.42 Å². The van der Waals surface area contributed by atoms with Gasteiger partial charge in [0.2, 0.25) is 10.0 Å². The quantitative estimate of drug-likeness (QED) is 0.615. The van der Waals surface area contributed by atoms with Crippen LogP contribution in [0.2, 0.25) is 0 Å². The van der Waals surface area contributed by atoms with Crippen LogP contribution in [0.5, 0.6) is 0 Å². The van der Waals surface area contributed by atoms with Gasteiger partial charge in [0.25, 0.3) is 0 Å². The Labute approximate surface area is 157 Å².